The molecule has 0 bridgehead atoms. The molecule has 0 aromatic rings. The van der Waals surface area contributed by atoms with Crippen LogP contribution in [-0.4, -0.2) is 31.6 Å². The zero-order chi connectivity index (χ0) is 8.10. The molecule has 1 fully saturated rings. The highest BCUT2D eigenvalue weighted by Gasteiger charge is 2.18. The summed E-state index contributed by atoms with van der Waals surface area (Å²) < 4.78 is 0. The average molecular weight is 156 g/mol. The highest BCUT2D eigenvalue weighted by molar-refractivity contribution is 4.72. The lowest BCUT2D eigenvalue weighted by Gasteiger charge is -2.08. The molecule has 0 spiro atoms. The molecule has 1 atom stereocenters. The van der Waals surface area contributed by atoms with E-state index in [1.165, 1.54) is 25.9 Å². The first-order valence-electron chi connectivity index (χ1n) is 4.30. The first-order valence-corrected chi connectivity index (χ1v) is 4.30. The molecule has 0 radical (unpaired) electrons. The summed E-state index contributed by atoms with van der Waals surface area (Å²) in [4.78, 5) is 12.1. The lowest BCUT2D eigenvalue weighted by molar-refractivity contribution is 0.385. The van der Waals surface area contributed by atoms with Gasteiger partial charge in [0.25, 0.3) is 0 Å². The Bertz CT molecular complexity index is 127. The van der Waals surface area contributed by atoms with Gasteiger partial charge >= 0.3 is 0 Å². The van der Waals surface area contributed by atoms with Gasteiger partial charge in [0.05, 0.1) is 6.54 Å². The minimum atomic E-state index is 0.500. The minimum Gasteiger partial charge on any atom is -0.306 e. The van der Waals surface area contributed by atoms with E-state index in [0.717, 1.165) is 12.3 Å². The van der Waals surface area contributed by atoms with Gasteiger partial charge in [0, 0.05) is 6.54 Å². The number of rotatable bonds is 4. The maximum atomic E-state index is 9.78. The Morgan fingerprint density at radius 1 is 1.64 bits per heavy atom. The van der Waals surface area contributed by atoms with Crippen molar-refractivity contribution >= 4 is 0 Å². The van der Waals surface area contributed by atoms with Crippen LogP contribution >= 0.6 is 0 Å². The predicted molar refractivity (Wildman–Crippen MR) is 45.5 cm³/mol. The van der Waals surface area contributed by atoms with E-state index in [4.69, 9.17) is 0 Å². The maximum Gasteiger partial charge on any atom is 0.0811 e. The first-order chi connectivity index (χ1) is 5.33. The molecule has 1 aliphatic rings. The SMILES string of the molecule is CN1CCC(CCCN=O)C1. The number of hydrogen-bond donors (Lipinski definition) is 0. The molecule has 0 amide bonds. The fourth-order valence-corrected chi connectivity index (χ4v) is 1.71. The van der Waals surface area contributed by atoms with E-state index in [0.29, 0.717) is 6.54 Å². The van der Waals surface area contributed by atoms with Crippen molar-refractivity contribution in [2.75, 3.05) is 26.7 Å². The van der Waals surface area contributed by atoms with Crippen LogP contribution in [0.15, 0.2) is 5.18 Å². The van der Waals surface area contributed by atoms with E-state index in [-0.39, 0.29) is 0 Å². The molecule has 1 rings (SSSR count). The Kier molecular flexibility index (Phi) is 3.49. The predicted octanol–water partition coefficient (Wildman–Crippen LogP) is 1.48. The third kappa shape index (κ3) is 2.97. The van der Waals surface area contributed by atoms with Crippen LogP contribution in [0.25, 0.3) is 0 Å². The fraction of sp³-hybridized carbons (Fsp3) is 1.00. The normalized spacial score (nSPS) is 25.7. The Morgan fingerprint density at radius 3 is 3.00 bits per heavy atom. The third-order valence-electron chi connectivity index (χ3n) is 2.35. The van der Waals surface area contributed by atoms with Gasteiger partial charge in [0.2, 0.25) is 0 Å². The van der Waals surface area contributed by atoms with Crippen LogP contribution < -0.4 is 0 Å². The monoisotopic (exact) mass is 156 g/mol. The summed E-state index contributed by atoms with van der Waals surface area (Å²) in [5, 5.41) is 2.85. The van der Waals surface area contributed by atoms with Gasteiger partial charge in [-0.2, -0.15) is 4.91 Å². The Morgan fingerprint density at radius 2 is 2.45 bits per heavy atom. The molecule has 0 aliphatic carbocycles. The number of nitrogens with zero attached hydrogens (tertiary/aromatic N) is 2. The van der Waals surface area contributed by atoms with Gasteiger partial charge in [-0.3, -0.25) is 0 Å². The summed E-state index contributed by atoms with van der Waals surface area (Å²) in [6.45, 7) is 2.93. The van der Waals surface area contributed by atoms with Crippen LogP contribution in [0.2, 0.25) is 0 Å². The highest BCUT2D eigenvalue weighted by Crippen LogP contribution is 2.19. The molecule has 0 aromatic heterocycles. The van der Waals surface area contributed by atoms with Crippen molar-refractivity contribution in [3.8, 4) is 0 Å². The number of hydrogen-bond acceptors (Lipinski definition) is 3. The van der Waals surface area contributed by atoms with E-state index >= 15 is 0 Å². The van der Waals surface area contributed by atoms with Crippen molar-refractivity contribution < 1.29 is 0 Å². The molecule has 1 heterocycles. The van der Waals surface area contributed by atoms with Crippen LogP contribution in [-0.2, 0) is 0 Å². The second-order valence-electron chi connectivity index (χ2n) is 3.41. The van der Waals surface area contributed by atoms with E-state index in [1.807, 2.05) is 0 Å². The number of nitroso groups, excluding NO2 is 1. The molecule has 1 saturated heterocycles. The van der Waals surface area contributed by atoms with E-state index in [2.05, 4.69) is 17.1 Å². The van der Waals surface area contributed by atoms with Crippen molar-refractivity contribution in [2.45, 2.75) is 19.3 Å². The Balaban J connectivity index is 2.03. The van der Waals surface area contributed by atoms with Gasteiger partial charge in [0.1, 0.15) is 0 Å². The van der Waals surface area contributed by atoms with E-state index < -0.39 is 0 Å². The molecule has 0 aromatic carbocycles. The van der Waals surface area contributed by atoms with Crippen LogP contribution in [0, 0.1) is 10.8 Å². The molecule has 0 N–H and O–H groups in total. The summed E-state index contributed by atoms with van der Waals surface area (Å²) in [6.07, 6.45) is 3.45. The van der Waals surface area contributed by atoms with Gasteiger partial charge in [-0.1, -0.05) is 5.18 Å². The molecule has 3 nitrogen and oxygen atoms in total. The zero-order valence-electron chi connectivity index (χ0n) is 7.12. The Labute approximate surface area is 67.7 Å². The molecule has 3 heteroatoms. The summed E-state index contributed by atoms with van der Waals surface area (Å²) in [5.41, 5.74) is 0. The third-order valence-corrected chi connectivity index (χ3v) is 2.35. The molecule has 64 valence electrons. The highest BCUT2D eigenvalue weighted by atomic mass is 16.3. The molecule has 11 heavy (non-hydrogen) atoms. The minimum absolute atomic E-state index is 0.500. The van der Waals surface area contributed by atoms with Crippen molar-refractivity contribution in [3.05, 3.63) is 4.91 Å². The largest absolute Gasteiger partial charge is 0.306 e. The molecular formula is C8H16N2O. The average Bonchev–Trinajstić information content (AvgIpc) is 2.37. The van der Waals surface area contributed by atoms with Crippen LogP contribution in [0.5, 0.6) is 0 Å². The molecule has 1 aliphatic heterocycles. The van der Waals surface area contributed by atoms with Crippen LogP contribution in [0.4, 0.5) is 0 Å². The zero-order valence-corrected chi connectivity index (χ0v) is 7.12. The summed E-state index contributed by atoms with van der Waals surface area (Å²) >= 11 is 0. The second kappa shape index (κ2) is 4.44. The smallest absolute Gasteiger partial charge is 0.0811 e. The lowest BCUT2D eigenvalue weighted by Crippen LogP contribution is -2.13. The standard InChI is InChI=1S/C8H16N2O/c1-10-6-4-8(7-10)3-2-5-9-11/h8H,2-7H2,1H3. The van der Waals surface area contributed by atoms with E-state index in [1.54, 1.807) is 0 Å². The van der Waals surface area contributed by atoms with Gasteiger partial charge in [0.15, 0.2) is 0 Å². The molecule has 0 saturated carbocycles. The lowest BCUT2D eigenvalue weighted by atomic mass is 10.0. The van der Waals surface area contributed by atoms with Crippen LogP contribution in [0.3, 0.4) is 0 Å². The van der Waals surface area contributed by atoms with Gasteiger partial charge in [-0.25, -0.2) is 0 Å². The van der Waals surface area contributed by atoms with Gasteiger partial charge < -0.3 is 4.90 Å². The van der Waals surface area contributed by atoms with Crippen molar-refractivity contribution in [1.82, 2.24) is 4.90 Å². The van der Waals surface area contributed by atoms with Gasteiger partial charge in [-0.15, -0.1) is 0 Å². The van der Waals surface area contributed by atoms with Crippen molar-refractivity contribution in [2.24, 2.45) is 11.1 Å². The second-order valence-corrected chi connectivity index (χ2v) is 3.41. The van der Waals surface area contributed by atoms with Crippen molar-refractivity contribution in [1.29, 1.82) is 0 Å². The van der Waals surface area contributed by atoms with Gasteiger partial charge in [-0.05, 0) is 38.8 Å². The molecular weight excluding hydrogens is 140 g/mol. The van der Waals surface area contributed by atoms with E-state index in [9.17, 15) is 4.91 Å². The van der Waals surface area contributed by atoms with Crippen molar-refractivity contribution in [3.63, 3.8) is 0 Å². The fourth-order valence-electron chi connectivity index (χ4n) is 1.71. The van der Waals surface area contributed by atoms with Crippen LogP contribution in [0.1, 0.15) is 19.3 Å². The summed E-state index contributed by atoms with van der Waals surface area (Å²) in [5.74, 6) is 0.821. The topological polar surface area (TPSA) is 32.7 Å². The number of likely N-dealkylation sites (tertiary alicyclic amines) is 1. The summed E-state index contributed by atoms with van der Waals surface area (Å²) in [6, 6.07) is 0. The Hall–Kier alpha value is -0.440. The summed E-state index contributed by atoms with van der Waals surface area (Å²) in [7, 11) is 2.15. The maximum absolute atomic E-state index is 9.78. The molecule has 1 unspecified atom stereocenters. The quantitative estimate of drug-likeness (QED) is 0.456. The first kappa shape index (κ1) is 8.65.